The smallest absolute Gasteiger partial charge is 0.154 e. The minimum Gasteiger partial charge on any atom is -0.383 e. The average molecular weight is 901 g/mol. The molecular weight excluding hydrogens is 885 g/mol. The van der Waals surface area contributed by atoms with Crippen molar-refractivity contribution >= 4 is 354 Å². The topological polar surface area (TPSA) is 67.2 Å². The molecule has 24 heteroatoms. The molecule has 0 spiro atoms. The third kappa shape index (κ3) is 7.26. The first-order valence-electron chi connectivity index (χ1n) is 22.8. The number of nitrogens with one attached hydrogen (secondary N) is 1. The lowest BCUT2D eigenvalue weighted by molar-refractivity contribution is 1.18. The molecule has 4 nitrogen and oxygen atoms in total. The number of nitrogens with two attached hydrogens (primary N) is 1. The normalized spacial score (nSPS) is 12.0. The van der Waals surface area contributed by atoms with E-state index in [0.29, 0.717) is 49.1 Å². The van der Waals surface area contributed by atoms with Crippen LogP contribution in [-0.4, -0.2) is 173 Å². The zero-order chi connectivity index (χ0) is 54.4. The summed E-state index contributed by atoms with van der Waals surface area (Å²) in [6, 6.07) is 18.8. The lowest BCUT2D eigenvalue weighted by Crippen LogP contribution is -2.51. The first kappa shape index (κ1) is 52.4. The van der Waals surface area contributed by atoms with Crippen molar-refractivity contribution in [3.05, 3.63) is 77.4 Å². The van der Waals surface area contributed by atoms with Crippen molar-refractivity contribution in [3.8, 4) is 5.69 Å². The molecule has 0 unspecified atom stereocenters. The standard InChI is InChI=1S/C37H3B20N.C14H13N3/c1-2-15(38)3-4-5(17(40)26(49)25(48)16(4)39)6-7(19(42)28(51)27(50)18(6)41)10(3)24(47)35(2)58-36-13-11(22(45)31(54)33(36)56)8-9(21(44)30(53)29(52)20(8)43)12-14(13)37(58)34(57)32(55)23(12)46;15-13(11-7-3-1-4-8-11)17-14(16)12-9-5-2-6-10-12/h1H3;1-10H,(H3,15,16,17). The molecule has 0 atom stereocenters. The van der Waals surface area contributed by atoms with Gasteiger partial charge in [0.15, 0.2) is 5.84 Å². The van der Waals surface area contributed by atoms with Crippen LogP contribution >= 0.6 is 0 Å². The van der Waals surface area contributed by atoms with Gasteiger partial charge >= 0.3 is 0 Å². The zero-order valence-corrected chi connectivity index (χ0v) is 40.3. The van der Waals surface area contributed by atoms with Gasteiger partial charge in [-0.3, -0.25) is 5.41 Å². The number of aliphatic imine (C=N–C) groups is 1. The van der Waals surface area contributed by atoms with Gasteiger partial charge in [-0.1, -0.05) is 126 Å². The molecule has 0 fully saturated rings. The number of aromatic nitrogens is 1. The molecule has 0 saturated heterocycles. The summed E-state index contributed by atoms with van der Waals surface area (Å²) in [5, 5.41) is 11.6. The molecule has 0 saturated carbocycles. The number of rotatable bonds is 3. The van der Waals surface area contributed by atoms with Crippen LogP contribution in [0.3, 0.4) is 0 Å². The molecule has 0 aliphatic heterocycles. The minimum absolute atomic E-state index is 0.00206. The van der Waals surface area contributed by atoms with E-state index in [9.17, 15) is 0 Å². The van der Waals surface area contributed by atoms with Crippen LogP contribution in [0, 0.1) is 12.3 Å². The van der Waals surface area contributed by atoms with Crippen LogP contribution in [0.4, 0.5) is 0 Å². The summed E-state index contributed by atoms with van der Waals surface area (Å²) in [6.07, 6.45) is 0. The van der Waals surface area contributed by atoms with E-state index in [4.69, 9.17) is 168 Å². The van der Waals surface area contributed by atoms with Gasteiger partial charge in [-0.2, -0.15) is 0 Å². The van der Waals surface area contributed by atoms with Gasteiger partial charge in [-0.05, 0) is 66.3 Å². The summed E-state index contributed by atoms with van der Waals surface area (Å²) in [4.78, 5) is 4.10. The average Bonchev–Trinajstić information content (AvgIpc) is 3.76. The van der Waals surface area contributed by atoms with Gasteiger partial charge in [0.1, 0.15) is 163 Å². The highest BCUT2D eigenvalue weighted by Crippen LogP contribution is 2.41. The van der Waals surface area contributed by atoms with Crippen LogP contribution in [0.1, 0.15) is 16.7 Å². The van der Waals surface area contributed by atoms with Crippen LogP contribution < -0.4 is 115 Å². The van der Waals surface area contributed by atoms with E-state index in [1.807, 2.05) is 60.7 Å². The molecule has 0 amide bonds. The molecule has 0 aliphatic rings. The van der Waals surface area contributed by atoms with Gasteiger partial charge in [-0.15, -0.1) is 43.7 Å². The zero-order valence-electron chi connectivity index (χ0n) is 40.3. The van der Waals surface area contributed by atoms with E-state index in [1.165, 1.54) is 0 Å². The van der Waals surface area contributed by atoms with E-state index < -0.39 is 0 Å². The number of fused-ring (bicyclic) bond motifs is 9. The molecule has 11 rings (SSSR count). The van der Waals surface area contributed by atoms with Gasteiger partial charge in [-0.25, -0.2) is 4.99 Å². The molecule has 1 heterocycles. The Labute approximate surface area is 461 Å². The van der Waals surface area contributed by atoms with Crippen molar-refractivity contribution in [3.63, 3.8) is 0 Å². The minimum atomic E-state index is -0.0239. The summed E-state index contributed by atoms with van der Waals surface area (Å²) in [5.41, 5.74) is 9.30. The van der Waals surface area contributed by atoms with E-state index in [2.05, 4.69) is 4.99 Å². The first-order chi connectivity index (χ1) is 35.4. The monoisotopic (exact) mass is 904 g/mol. The second-order valence-electron chi connectivity index (χ2n) is 18.4. The highest BCUT2D eigenvalue weighted by Gasteiger charge is 2.31. The number of hydrogen-bond donors (Lipinski definition) is 2. The van der Waals surface area contributed by atoms with Crippen LogP contribution in [0.2, 0.25) is 0 Å². The molecule has 40 radical (unpaired) electrons. The van der Waals surface area contributed by atoms with Crippen LogP contribution in [0.15, 0.2) is 65.7 Å². The molecule has 75 heavy (non-hydrogen) atoms. The predicted octanol–water partition coefficient (Wildman–Crippen LogP) is -11.4. The number of nitrogens with zero attached hydrogens (tertiary/aromatic N) is 2. The Balaban J connectivity index is 0.000000320. The predicted molar refractivity (Wildman–Crippen MR) is 342 cm³/mol. The van der Waals surface area contributed by atoms with Crippen molar-refractivity contribution < 1.29 is 0 Å². The van der Waals surface area contributed by atoms with E-state index in [0.717, 1.165) is 11.1 Å². The van der Waals surface area contributed by atoms with Crippen LogP contribution in [-0.2, 0) is 0 Å². The molecule has 10 aromatic carbocycles. The second-order valence-corrected chi connectivity index (χ2v) is 18.4. The van der Waals surface area contributed by atoms with E-state index >= 15 is 0 Å². The van der Waals surface area contributed by atoms with Crippen LogP contribution in [0.5, 0.6) is 0 Å². The Morgan fingerprint density at radius 1 is 0.333 bits per heavy atom. The molecule has 300 valence electrons. The van der Waals surface area contributed by atoms with Gasteiger partial charge in [0.2, 0.25) is 0 Å². The van der Waals surface area contributed by atoms with Crippen molar-refractivity contribution in [1.82, 2.24) is 4.57 Å². The van der Waals surface area contributed by atoms with Gasteiger partial charge in [0.25, 0.3) is 0 Å². The van der Waals surface area contributed by atoms with E-state index in [1.54, 1.807) is 11.5 Å². The van der Waals surface area contributed by atoms with Crippen molar-refractivity contribution in [2.45, 2.75) is 6.92 Å². The summed E-state index contributed by atoms with van der Waals surface area (Å²) in [7, 11) is 135. The lowest BCUT2D eigenvalue weighted by Gasteiger charge is -2.29. The number of hydrogen-bond acceptors (Lipinski definition) is 1. The van der Waals surface area contributed by atoms with Gasteiger partial charge in [0, 0.05) is 38.6 Å². The maximum atomic E-state index is 7.84. The maximum Gasteiger partial charge on any atom is 0.154 e. The maximum absolute atomic E-state index is 7.84. The quantitative estimate of drug-likeness (QED) is 0.0789. The molecule has 1 aromatic heterocycles. The fraction of sp³-hybridized carbons (Fsp3) is 0.0196. The first-order valence-corrected chi connectivity index (χ1v) is 22.8. The lowest BCUT2D eigenvalue weighted by atomic mass is 9.59. The molecule has 0 bridgehead atoms. The SMILES string of the molecule is N=C(N=C(N)c1ccccc1)c1ccccc1.[B]c1c([B])c([B])c2c(c1[B])c1c([B])c([B])c([B])c([B])c1c1c([B])c(-n3c4c([B])c([B])c([B])c5c6c([B])c([B])c([B])c([B])c6c6c([B])c([B])c([B])c3c6c54)c(C)c([B])c21. The third-order valence-corrected chi connectivity index (χ3v) is 14.5. The highest BCUT2D eigenvalue weighted by molar-refractivity contribution is 6.77. The Bertz CT molecular complexity index is 4280. The molecule has 11 aromatic rings. The Kier molecular flexibility index (Phi) is 13.0. The second kappa shape index (κ2) is 18.6. The van der Waals surface area contributed by atoms with Gasteiger partial charge < -0.3 is 10.3 Å². The number of amidine groups is 2. The van der Waals surface area contributed by atoms with Gasteiger partial charge in [0.05, 0.1) is 0 Å². The van der Waals surface area contributed by atoms with Crippen molar-refractivity contribution in [2.75, 3.05) is 0 Å². The summed E-state index contributed by atoms with van der Waals surface area (Å²) >= 11 is 0. The largest absolute Gasteiger partial charge is 0.383 e. The highest BCUT2D eigenvalue weighted by atomic mass is 15.0. The Morgan fingerprint density at radius 2 is 0.587 bits per heavy atom. The third-order valence-electron chi connectivity index (χ3n) is 14.5. The fourth-order valence-electron chi connectivity index (χ4n) is 10.6. The Morgan fingerprint density at radius 3 is 0.907 bits per heavy atom. The molecule has 3 N–H and O–H groups in total. The summed E-state index contributed by atoms with van der Waals surface area (Å²) in [6.45, 7) is 1.73. The Hall–Kier alpha value is -6.00. The van der Waals surface area contributed by atoms with E-state index in [-0.39, 0.29) is 159 Å². The van der Waals surface area contributed by atoms with Crippen LogP contribution in [0.25, 0.3) is 81.4 Å². The molecular formula is C51H16B20N4. The fourth-order valence-corrected chi connectivity index (χ4v) is 10.6. The summed E-state index contributed by atoms with van der Waals surface area (Å²) < 4.78 is 1.69. The summed E-state index contributed by atoms with van der Waals surface area (Å²) in [5.74, 6) is 0.534. The number of benzene rings is 10. The molecule has 0 aliphatic carbocycles. The van der Waals surface area contributed by atoms with Crippen molar-refractivity contribution in [2.24, 2.45) is 10.7 Å². The van der Waals surface area contributed by atoms with Crippen molar-refractivity contribution in [1.29, 1.82) is 5.41 Å².